The van der Waals surface area contributed by atoms with Gasteiger partial charge < -0.3 is 10.2 Å². The molecule has 1 N–H and O–H groups in total. The molecule has 1 unspecified atom stereocenters. The summed E-state index contributed by atoms with van der Waals surface area (Å²) in [5.41, 5.74) is 0. The van der Waals surface area contributed by atoms with E-state index < -0.39 is 0 Å². The standard InChI is InChI=1S/C21H40N4O2/c1-16(2)20(26)15-23-8-6-19(7-9-23)14-24-10-12-25(13-11-24)21(27)18(5)22-17(3)4/h16-19,22H,6-15H2,1-5H3. The van der Waals surface area contributed by atoms with Crippen LogP contribution in [0.15, 0.2) is 0 Å². The van der Waals surface area contributed by atoms with Gasteiger partial charge in [-0.05, 0) is 38.8 Å². The number of nitrogens with zero attached hydrogens (tertiary/aromatic N) is 3. The van der Waals surface area contributed by atoms with E-state index >= 15 is 0 Å². The third kappa shape index (κ3) is 7.16. The molecule has 2 fully saturated rings. The highest BCUT2D eigenvalue weighted by Gasteiger charge is 2.28. The predicted octanol–water partition coefficient (Wildman–Crippen LogP) is 1.45. The Bertz CT molecular complexity index is 479. The van der Waals surface area contributed by atoms with E-state index in [-0.39, 0.29) is 17.9 Å². The summed E-state index contributed by atoms with van der Waals surface area (Å²) in [6.45, 7) is 17.6. The van der Waals surface area contributed by atoms with Gasteiger partial charge in [-0.15, -0.1) is 0 Å². The maximum absolute atomic E-state index is 12.5. The molecule has 2 saturated heterocycles. The van der Waals surface area contributed by atoms with Gasteiger partial charge in [-0.3, -0.25) is 19.4 Å². The van der Waals surface area contributed by atoms with Crippen molar-refractivity contribution in [2.24, 2.45) is 11.8 Å². The molecule has 6 heteroatoms. The van der Waals surface area contributed by atoms with Crippen molar-refractivity contribution in [3.63, 3.8) is 0 Å². The fraction of sp³-hybridized carbons (Fsp3) is 0.905. The number of piperazine rings is 1. The van der Waals surface area contributed by atoms with E-state index in [4.69, 9.17) is 0 Å². The van der Waals surface area contributed by atoms with Crippen LogP contribution < -0.4 is 5.32 Å². The van der Waals surface area contributed by atoms with Crippen LogP contribution >= 0.6 is 0 Å². The summed E-state index contributed by atoms with van der Waals surface area (Å²) >= 11 is 0. The van der Waals surface area contributed by atoms with Crippen LogP contribution in [0.4, 0.5) is 0 Å². The van der Waals surface area contributed by atoms with Crippen molar-refractivity contribution in [2.45, 2.75) is 59.5 Å². The Labute approximate surface area is 165 Å². The SMILES string of the molecule is CC(C)NC(C)C(=O)N1CCN(CC2CCN(CC(=O)C(C)C)CC2)CC1. The maximum Gasteiger partial charge on any atom is 0.239 e. The van der Waals surface area contributed by atoms with Gasteiger partial charge in [0.25, 0.3) is 0 Å². The Morgan fingerprint density at radius 2 is 1.48 bits per heavy atom. The van der Waals surface area contributed by atoms with E-state index in [0.29, 0.717) is 18.4 Å². The minimum atomic E-state index is -0.102. The van der Waals surface area contributed by atoms with Crippen molar-refractivity contribution < 1.29 is 9.59 Å². The number of nitrogens with one attached hydrogen (secondary N) is 1. The first-order chi connectivity index (χ1) is 12.8. The number of carbonyl (C=O) groups is 2. The summed E-state index contributed by atoms with van der Waals surface area (Å²) in [6.07, 6.45) is 2.36. The molecule has 0 aromatic heterocycles. The largest absolute Gasteiger partial charge is 0.339 e. The second-order valence-electron chi connectivity index (χ2n) is 9.01. The Morgan fingerprint density at radius 3 is 2.00 bits per heavy atom. The van der Waals surface area contributed by atoms with Crippen molar-refractivity contribution in [3.05, 3.63) is 0 Å². The third-order valence-electron chi connectivity index (χ3n) is 5.88. The van der Waals surface area contributed by atoms with Crippen molar-refractivity contribution in [1.29, 1.82) is 0 Å². The lowest BCUT2D eigenvalue weighted by molar-refractivity contribution is -0.135. The summed E-state index contributed by atoms with van der Waals surface area (Å²) in [7, 11) is 0. The number of ketones is 1. The van der Waals surface area contributed by atoms with E-state index in [9.17, 15) is 9.59 Å². The van der Waals surface area contributed by atoms with Gasteiger partial charge in [-0.1, -0.05) is 27.7 Å². The zero-order valence-electron chi connectivity index (χ0n) is 18.0. The molecule has 0 aromatic rings. The first-order valence-corrected chi connectivity index (χ1v) is 10.8. The first-order valence-electron chi connectivity index (χ1n) is 10.8. The maximum atomic E-state index is 12.5. The molecule has 0 spiro atoms. The quantitative estimate of drug-likeness (QED) is 0.691. The van der Waals surface area contributed by atoms with Gasteiger partial charge in [0.05, 0.1) is 12.6 Å². The summed E-state index contributed by atoms with van der Waals surface area (Å²) in [5, 5.41) is 3.31. The Balaban J connectivity index is 1.66. The first kappa shape index (κ1) is 22.3. The van der Waals surface area contributed by atoms with Gasteiger partial charge in [0.1, 0.15) is 5.78 Å². The van der Waals surface area contributed by atoms with Crippen LogP contribution in [0.2, 0.25) is 0 Å². The summed E-state index contributed by atoms with van der Waals surface area (Å²) < 4.78 is 0. The second kappa shape index (κ2) is 10.5. The van der Waals surface area contributed by atoms with Crippen LogP contribution in [-0.4, -0.2) is 90.8 Å². The molecular weight excluding hydrogens is 340 g/mol. The molecule has 6 nitrogen and oxygen atoms in total. The number of hydrogen-bond donors (Lipinski definition) is 1. The number of Topliss-reactive ketones (excluding diaryl/α,β-unsaturated/α-hetero) is 1. The van der Waals surface area contributed by atoms with Crippen LogP contribution in [0.1, 0.15) is 47.5 Å². The summed E-state index contributed by atoms with van der Waals surface area (Å²) in [6, 6.07) is 0.223. The highest BCUT2D eigenvalue weighted by molar-refractivity contribution is 5.82. The molecule has 2 rings (SSSR count). The van der Waals surface area contributed by atoms with E-state index in [1.807, 2.05) is 25.7 Å². The average Bonchev–Trinajstić information content (AvgIpc) is 2.62. The zero-order valence-corrected chi connectivity index (χ0v) is 18.0. The second-order valence-corrected chi connectivity index (χ2v) is 9.01. The van der Waals surface area contributed by atoms with Gasteiger partial charge in [-0.25, -0.2) is 0 Å². The molecule has 0 aromatic carbocycles. The third-order valence-corrected chi connectivity index (χ3v) is 5.88. The fourth-order valence-corrected chi connectivity index (χ4v) is 4.09. The number of piperidine rings is 1. The number of hydrogen-bond acceptors (Lipinski definition) is 5. The molecule has 1 atom stereocenters. The van der Waals surface area contributed by atoms with Crippen molar-refractivity contribution in [2.75, 3.05) is 52.4 Å². The van der Waals surface area contributed by atoms with Gasteiger partial charge in [-0.2, -0.15) is 0 Å². The number of amides is 1. The normalized spacial score (nSPS) is 21.8. The van der Waals surface area contributed by atoms with E-state index in [1.54, 1.807) is 0 Å². The highest BCUT2D eigenvalue weighted by atomic mass is 16.2. The molecule has 0 bridgehead atoms. The monoisotopic (exact) mass is 380 g/mol. The average molecular weight is 381 g/mol. The smallest absolute Gasteiger partial charge is 0.239 e. The van der Waals surface area contributed by atoms with Crippen LogP contribution in [0, 0.1) is 11.8 Å². The van der Waals surface area contributed by atoms with Gasteiger partial charge >= 0.3 is 0 Å². The minimum absolute atomic E-state index is 0.102. The van der Waals surface area contributed by atoms with Crippen molar-refractivity contribution in [1.82, 2.24) is 20.0 Å². The van der Waals surface area contributed by atoms with E-state index in [1.165, 1.54) is 12.8 Å². The summed E-state index contributed by atoms with van der Waals surface area (Å²) in [5.74, 6) is 1.45. The Morgan fingerprint density at radius 1 is 0.889 bits per heavy atom. The van der Waals surface area contributed by atoms with Crippen LogP contribution in [0.25, 0.3) is 0 Å². The molecular formula is C21H40N4O2. The lowest BCUT2D eigenvalue weighted by Crippen LogP contribution is -2.55. The number of likely N-dealkylation sites (tertiary alicyclic amines) is 1. The zero-order chi connectivity index (χ0) is 20.0. The molecule has 0 radical (unpaired) electrons. The molecule has 0 saturated carbocycles. The molecule has 2 heterocycles. The number of carbonyl (C=O) groups excluding carboxylic acids is 2. The molecule has 2 aliphatic rings. The van der Waals surface area contributed by atoms with Crippen LogP contribution in [0.5, 0.6) is 0 Å². The predicted molar refractivity (Wildman–Crippen MR) is 110 cm³/mol. The molecule has 27 heavy (non-hydrogen) atoms. The molecule has 0 aliphatic carbocycles. The fourth-order valence-electron chi connectivity index (χ4n) is 4.09. The van der Waals surface area contributed by atoms with Crippen LogP contribution in [-0.2, 0) is 9.59 Å². The highest BCUT2D eigenvalue weighted by Crippen LogP contribution is 2.19. The van der Waals surface area contributed by atoms with E-state index in [0.717, 1.165) is 51.7 Å². The van der Waals surface area contributed by atoms with Crippen molar-refractivity contribution >= 4 is 11.7 Å². The van der Waals surface area contributed by atoms with Crippen LogP contribution in [0.3, 0.4) is 0 Å². The lowest BCUT2D eigenvalue weighted by atomic mass is 9.95. The van der Waals surface area contributed by atoms with Gasteiger partial charge in [0.15, 0.2) is 0 Å². The van der Waals surface area contributed by atoms with E-state index in [2.05, 4.69) is 29.0 Å². The lowest BCUT2D eigenvalue weighted by Gasteiger charge is -2.39. The van der Waals surface area contributed by atoms with Crippen molar-refractivity contribution in [3.8, 4) is 0 Å². The Hall–Kier alpha value is -0.980. The topological polar surface area (TPSA) is 55.9 Å². The molecule has 2 aliphatic heterocycles. The summed E-state index contributed by atoms with van der Waals surface area (Å²) in [4.78, 5) is 31.3. The number of rotatable bonds is 8. The molecule has 156 valence electrons. The van der Waals surface area contributed by atoms with Gasteiger partial charge in [0.2, 0.25) is 5.91 Å². The minimum Gasteiger partial charge on any atom is -0.339 e. The molecule has 1 amide bonds. The van der Waals surface area contributed by atoms with Gasteiger partial charge in [0, 0.05) is 44.7 Å². The Kier molecular flexibility index (Phi) is 8.70.